The van der Waals surface area contributed by atoms with Gasteiger partial charge >= 0.3 is 0 Å². The molecular formula is C15H15FN2O3. The number of nitrogens with zero attached hydrogens (tertiary/aromatic N) is 2. The van der Waals surface area contributed by atoms with E-state index in [-0.39, 0.29) is 31.2 Å². The number of likely N-dealkylation sites (tertiary alicyclic amines) is 1. The fourth-order valence-electron chi connectivity index (χ4n) is 2.45. The minimum atomic E-state index is -0.756. The summed E-state index contributed by atoms with van der Waals surface area (Å²) >= 11 is 0. The molecule has 1 saturated heterocycles. The second kappa shape index (κ2) is 4.65. The zero-order valence-corrected chi connectivity index (χ0v) is 11.9. The summed E-state index contributed by atoms with van der Waals surface area (Å²) in [6.45, 7) is 3.70. The predicted molar refractivity (Wildman–Crippen MR) is 74.2 cm³/mol. The molecule has 0 spiro atoms. The van der Waals surface area contributed by atoms with E-state index in [2.05, 4.69) is 4.99 Å². The molecule has 0 aromatic heterocycles. The van der Waals surface area contributed by atoms with Crippen LogP contribution in [0.3, 0.4) is 0 Å². The topological polar surface area (TPSA) is 59.0 Å². The molecule has 0 aliphatic carbocycles. The Hall–Kier alpha value is -2.24. The van der Waals surface area contributed by atoms with Gasteiger partial charge in [-0.3, -0.25) is 14.5 Å². The molecule has 1 fully saturated rings. The first-order valence-electron chi connectivity index (χ1n) is 6.76. The van der Waals surface area contributed by atoms with E-state index in [4.69, 9.17) is 4.74 Å². The number of hydrogen-bond acceptors (Lipinski definition) is 4. The number of ether oxygens (including phenoxy) is 1. The molecule has 0 N–H and O–H groups in total. The quantitative estimate of drug-likeness (QED) is 0.785. The van der Waals surface area contributed by atoms with Crippen LogP contribution in [0.4, 0.5) is 10.1 Å². The van der Waals surface area contributed by atoms with Gasteiger partial charge in [0.25, 0.3) is 0 Å². The monoisotopic (exact) mass is 290 g/mol. The smallest absolute Gasteiger partial charge is 0.230 e. The van der Waals surface area contributed by atoms with E-state index in [1.807, 2.05) is 13.8 Å². The number of carbonyl (C=O) groups excluding carboxylic acids is 2. The lowest BCUT2D eigenvalue weighted by Gasteiger charge is -2.34. The van der Waals surface area contributed by atoms with E-state index >= 15 is 0 Å². The zero-order chi connectivity index (χ0) is 15.2. The number of carbonyl (C=O) groups is 2. The first-order valence-corrected chi connectivity index (χ1v) is 6.76. The van der Waals surface area contributed by atoms with Crippen LogP contribution in [0.1, 0.15) is 26.7 Å². The van der Waals surface area contributed by atoms with Gasteiger partial charge in [0.15, 0.2) is 0 Å². The summed E-state index contributed by atoms with van der Waals surface area (Å²) < 4.78 is 19.1. The van der Waals surface area contributed by atoms with Gasteiger partial charge in [0.05, 0.1) is 12.3 Å². The average molecular weight is 290 g/mol. The predicted octanol–water partition coefficient (Wildman–Crippen LogP) is 2.22. The third-order valence-electron chi connectivity index (χ3n) is 3.70. The number of halogens is 1. The summed E-state index contributed by atoms with van der Waals surface area (Å²) in [6.07, 6.45) is 0.469. The lowest BCUT2D eigenvalue weighted by atomic mass is 9.99. The van der Waals surface area contributed by atoms with Gasteiger partial charge in [-0.05, 0) is 26.0 Å². The van der Waals surface area contributed by atoms with E-state index in [0.717, 1.165) is 0 Å². The van der Waals surface area contributed by atoms with Gasteiger partial charge in [0, 0.05) is 18.9 Å². The minimum Gasteiger partial charge on any atom is -0.480 e. The average Bonchev–Trinajstić information content (AvgIpc) is 2.71. The third-order valence-corrected chi connectivity index (χ3v) is 3.70. The Morgan fingerprint density at radius 2 is 1.95 bits per heavy atom. The van der Waals surface area contributed by atoms with Crippen molar-refractivity contribution in [1.29, 1.82) is 0 Å². The molecule has 2 aliphatic heterocycles. The van der Waals surface area contributed by atoms with Crippen LogP contribution in [0.2, 0.25) is 0 Å². The lowest BCUT2D eigenvalue weighted by Crippen LogP contribution is -2.47. The molecular weight excluding hydrogens is 275 g/mol. The largest absolute Gasteiger partial charge is 0.480 e. The van der Waals surface area contributed by atoms with Crippen LogP contribution in [-0.4, -0.2) is 34.6 Å². The van der Waals surface area contributed by atoms with Crippen molar-refractivity contribution in [2.75, 3.05) is 6.54 Å². The molecule has 5 nitrogen and oxygen atoms in total. The number of amides is 2. The highest BCUT2D eigenvalue weighted by atomic mass is 19.1. The molecule has 0 unspecified atom stereocenters. The van der Waals surface area contributed by atoms with Crippen LogP contribution < -0.4 is 4.74 Å². The summed E-state index contributed by atoms with van der Waals surface area (Å²) in [5.41, 5.74) is 0.154. The van der Waals surface area contributed by atoms with Gasteiger partial charge in [-0.1, -0.05) is 0 Å². The minimum absolute atomic E-state index is 0.0839. The van der Waals surface area contributed by atoms with Crippen molar-refractivity contribution in [1.82, 2.24) is 4.90 Å². The molecule has 2 aliphatic rings. The first kappa shape index (κ1) is 13.7. The zero-order valence-electron chi connectivity index (χ0n) is 11.9. The molecule has 110 valence electrons. The van der Waals surface area contributed by atoms with Crippen molar-refractivity contribution in [2.45, 2.75) is 32.3 Å². The maximum Gasteiger partial charge on any atom is 0.230 e. The van der Waals surface area contributed by atoms with Crippen LogP contribution in [0.25, 0.3) is 0 Å². The van der Waals surface area contributed by atoms with Crippen LogP contribution in [0.5, 0.6) is 5.75 Å². The second-order valence-electron chi connectivity index (χ2n) is 5.66. The Labute approximate surface area is 121 Å². The molecule has 2 heterocycles. The standard InChI is InChI=1S/C15H15FN2O3/c1-15(2)12(8-18-13(19)5-6-14(18)20)17-10-7-9(16)3-4-11(10)21-15/h3-4,7H,5-6,8H2,1-2H3. The molecule has 21 heavy (non-hydrogen) atoms. The van der Waals surface area contributed by atoms with Crippen molar-refractivity contribution < 1.29 is 18.7 Å². The summed E-state index contributed by atoms with van der Waals surface area (Å²) in [7, 11) is 0. The normalized spacial score (nSPS) is 20.1. The fraction of sp³-hybridized carbons (Fsp3) is 0.400. The second-order valence-corrected chi connectivity index (χ2v) is 5.66. The highest BCUT2D eigenvalue weighted by Crippen LogP contribution is 2.37. The van der Waals surface area contributed by atoms with Crippen molar-refractivity contribution in [3.8, 4) is 5.75 Å². The van der Waals surface area contributed by atoms with E-state index in [0.29, 0.717) is 17.1 Å². The number of rotatable bonds is 2. The maximum atomic E-state index is 13.3. The number of hydrogen-bond donors (Lipinski definition) is 0. The summed E-state index contributed by atoms with van der Waals surface area (Å²) in [6, 6.07) is 4.11. The third kappa shape index (κ3) is 2.41. The SMILES string of the molecule is CC1(C)Oc2ccc(F)cc2N=C1CN1C(=O)CCC1=O. The Kier molecular flexibility index (Phi) is 3.04. The van der Waals surface area contributed by atoms with E-state index < -0.39 is 11.4 Å². The highest BCUT2D eigenvalue weighted by Gasteiger charge is 2.37. The van der Waals surface area contributed by atoms with Gasteiger partial charge in [0.1, 0.15) is 22.9 Å². The van der Waals surface area contributed by atoms with Crippen LogP contribution in [0.15, 0.2) is 23.2 Å². The summed E-state index contributed by atoms with van der Waals surface area (Å²) in [5, 5.41) is 0. The first-order chi connectivity index (χ1) is 9.87. The Bertz CT molecular complexity index is 651. The Morgan fingerprint density at radius 3 is 2.62 bits per heavy atom. The fourth-order valence-corrected chi connectivity index (χ4v) is 2.45. The van der Waals surface area contributed by atoms with Gasteiger partial charge in [-0.15, -0.1) is 0 Å². The summed E-state index contributed by atoms with van der Waals surface area (Å²) in [4.78, 5) is 29.0. The van der Waals surface area contributed by atoms with Crippen molar-refractivity contribution in [3.05, 3.63) is 24.0 Å². The maximum absolute atomic E-state index is 13.3. The van der Waals surface area contributed by atoms with Gasteiger partial charge in [-0.25, -0.2) is 9.38 Å². The van der Waals surface area contributed by atoms with Gasteiger partial charge in [-0.2, -0.15) is 0 Å². The molecule has 6 heteroatoms. The van der Waals surface area contributed by atoms with E-state index in [1.54, 1.807) is 0 Å². The Morgan fingerprint density at radius 1 is 1.29 bits per heavy atom. The van der Waals surface area contributed by atoms with Crippen LogP contribution >= 0.6 is 0 Å². The van der Waals surface area contributed by atoms with E-state index in [9.17, 15) is 14.0 Å². The van der Waals surface area contributed by atoms with Crippen molar-refractivity contribution >= 4 is 23.2 Å². The molecule has 2 amide bonds. The number of benzene rings is 1. The molecule has 0 bridgehead atoms. The number of fused-ring (bicyclic) bond motifs is 1. The van der Waals surface area contributed by atoms with Gasteiger partial charge < -0.3 is 4.74 Å². The van der Waals surface area contributed by atoms with Crippen LogP contribution in [0, 0.1) is 5.82 Å². The molecule has 3 rings (SSSR count). The molecule has 1 aromatic carbocycles. The number of imide groups is 1. The molecule has 1 aromatic rings. The van der Waals surface area contributed by atoms with Crippen molar-refractivity contribution in [3.63, 3.8) is 0 Å². The lowest BCUT2D eigenvalue weighted by molar-refractivity contribution is -0.137. The summed E-state index contributed by atoms with van der Waals surface area (Å²) in [5.74, 6) is -0.329. The van der Waals surface area contributed by atoms with Crippen LogP contribution in [-0.2, 0) is 9.59 Å². The molecule has 0 atom stereocenters. The highest BCUT2D eigenvalue weighted by molar-refractivity contribution is 6.07. The molecule has 0 saturated carbocycles. The van der Waals surface area contributed by atoms with E-state index in [1.165, 1.54) is 23.1 Å². The number of aliphatic imine (C=N–C) groups is 1. The van der Waals surface area contributed by atoms with Crippen molar-refractivity contribution in [2.24, 2.45) is 4.99 Å². The van der Waals surface area contributed by atoms with Gasteiger partial charge in [0.2, 0.25) is 11.8 Å². The molecule has 0 radical (unpaired) electrons. The Balaban J connectivity index is 1.96.